The fourth-order valence-electron chi connectivity index (χ4n) is 3.13. The van der Waals surface area contributed by atoms with Gasteiger partial charge in [-0.1, -0.05) is 0 Å². The topological polar surface area (TPSA) is 103 Å². The van der Waals surface area contributed by atoms with Crippen molar-refractivity contribution in [3.8, 4) is 11.8 Å². The lowest BCUT2D eigenvalue weighted by molar-refractivity contribution is -0.125. The molecule has 1 aromatic carbocycles. The molecule has 8 heteroatoms. The van der Waals surface area contributed by atoms with Crippen molar-refractivity contribution in [1.82, 2.24) is 10.3 Å². The van der Waals surface area contributed by atoms with E-state index in [1.807, 2.05) is 6.92 Å². The molecule has 144 valence electrons. The number of hydrogen-bond acceptors (Lipinski definition) is 6. The first-order chi connectivity index (χ1) is 13.0. The highest BCUT2D eigenvalue weighted by Crippen LogP contribution is 2.27. The molecule has 1 aliphatic carbocycles. The van der Waals surface area contributed by atoms with Gasteiger partial charge >= 0.3 is 12.1 Å². The van der Waals surface area contributed by atoms with Crippen LogP contribution in [0.25, 0.3) is 0 Å². The summed E-state index contributed by atoms with van der Waals surface area (Å²) in [7, 11) is 1.68. The molecule has 3 amide bonds. The van der Waals surface area contributed by atoms with Crippen LogP contribution in [0.1, 0.15) is 31.2 Å². The van der Waals surface area contributed by atoms with Gasteiger partial charge in [0.05, 0.1) is 12.3 Å². The van der Waals surface area contributed by atoms with E-state index in [4.69, 9.17) is 13.9 Å². The minimum atomic E-state index is -0.547. The molecule has 2 N–H and O–H groups in total. The van der Waals surface area contributed by atoms with Gasteiger partial charge in [0.1, 0.15) is 12.0 Å². The molecule has 0 saturated heterocycles. The molecule has 0 unspecified atom stereocenters. The van der Waals surface area contributed by atoms with Crippen LogP contribution in [0.4, 0.5) is 10.5 Å². The highest BCUT2D eigenvalue weighted by atomic mass is 16.6. The Morgan fingerprint density at radius 1 is 1.22 bits per heavy atom. The number of methoxy groups -OCH3 is 1. The van der Waals surface area contributed by atoms with Gasteiger partial charge in [0.25, 0.3) is 0 Å². The van der Waals surface area contributed by atoms with Crippen LogP contribution in [0.3, 0.4) is 0 Å². The summed E-state index contributed by atoms with van der Waals surface area (Å²) in [5.41, 5.74) is 1.34. The first-order valence-electron chi connectivity index (χ1n) is 8.88. The molecule has 1 aliphatic rings. The van der Waals surface area contributed by atoms with Crippen LogP contribution in [0.2, 0.25) is 0 Å². The molecular weight excluding hydrogens is 350 g/mol. The number of urea groups is 1. The maximum absolute atomic E-state index is 12.2. The van der Waals surface area contributed by atoms with E-state index in [9.17, 15) is 9.59 Å². The number of oxazole rings is 1. The number of carbonyl (C=O) groups excluding carboxylic acids is 2. The van der Waals surface area contributed by atoms with E-state index in [0.717, 1.165) is 31.2 Å². The van der Waals surface area contributed by atoms with Crippen molar-refractivity contribution < 1.29 is 23.5 Å². The van der Waals surface area contributed by atoms with E-state index in [0.29, 0.717) is 11.4 Å². The van der Waals surface area contributed by atoms with E-state index in [-0.39, 0.29) is 24.0 Å². The molecule has 2 aromatic rings. The Balaban J connectivity index is 1.51. The zero-order valence-electron chi connectivity index (χ0n) is 15.4. The molecule has 0 bridgehead atoms. The second kappa shape index (κ2) is 8.68. The number of benzene rings is 1. The molecule has 1 aromatic heterocycles. The Morgan fingerprint density at radius 2 is 2.00 bits per heavy atom. The van der Waals surface area contributed by atoms with Gasteiger partial charge in [-0.2, -0.15) is 4.98 Å². The maximum atomic E-state index is 12.2. The monoisotopic (exact) mass is 373 g/mol. The third-order valence-electron chi connectivity index (χ3n) is 4.65. The normalized spacial score (nSPS) is 19.3. The van der Waals surface area contributed by atoms with E-state index in [1.165, 1.54) is 12.5 Å². The number of amides is 3. The Hall–Kier alpha value is -2.87. The third kappa shape index (κ3) is 5.07. The van der Waals surface area contributed by atoms with Crippen molar-refractivity contribution in [2.24, 2.45) is 5.92 Å². The minimum Gasteiger partial charge on any atom is -0.417 e. The standard InChI is InChI=1S/C19H23N3O5/c1-12-11-14(5-8-16(12)27-19-20-9-10-26-19)21-18(24)22-17(23)13-3-6-15(25-2)7-4-13/h5,8-11,13,15H,3-4,6-7H2,1-2H3,(H2,21,22,23,24). The van der Waals surface area contributed by atoms with Crippen molar-refractivity contribution in [3.63, 3.8) is 0 Å². The Morgan fingerprint density at radius 3 is 2.63 bits per heavy atom. The minimum absolute atomic E-state index is 0.144. The molecule has 8 nitrogen and oxygen atoms in total. The predicted molar refractivity (Wildman–Crippen MR) is 97.7 cm³/mol. The van der Waals surface area contributed by atoms with Crippen LogP contribution in [-0.4, -0.2) is 30.1 Å². The summed E-state index contributed by atoms with van der Waals surface area (Å²) in [6.07, 6.45) is 6.39. The van der Waals surface area contributed by atoms with E-state index < -0.39 is 6.03 Å². The lowest BCUT2D eigenvalue weighted by Gasteiger charge is -2.26. The van der Waals surface area contributed by atoms with Crippen LogP contribution in [0, 0.1) is 12.8 Å². The Labute approximate surface area is 157 Å². The van der Waals surface area contributed by atoms with E-state index in [1.54, 1.807) is 25.3 Å². The molecule has 0 radical (unpaired) electrons. The summed E-state index contributed by atoms with van der Waals surface area (Å²) in [6.45, 7) is 1.83. The Kier molecular flexibility index (Phi) is 6.08. The predicted octanol–water partition coefficient (Wildman–Crippen LogP) is 3.63. The number of ether oxygens (including phenoxy) is 2. The number of nitrogens with one attached hydrogen (secondary N) is 2. The molecule has 1 heterocycles. The van der Waals surface area contributed by atoms with Gasteiger partial charge in [-0.3, -0.25) is 10.1 Å². The van der Waals surface area contributed by atoms with Gasteiger partial charge in [0.15, 0.2) is 0 Å². The number of hydrogen-bond donors (Lipinski definition) is 2. The molecule has 0 atom stereocenters. The number of rotatable bonds is 5. The molecule has 0 aliphatic heterocycles. The molecule has 27 heavy (non-hydrogen) atoms. The Bertz CT molecular complexity index is 783. The average molecular weight is 373 g/mol. The highest BCUT2D eigenvalue weighted by molar-refractivity contribution is 6.01. The second-order valence-electron chi connectivity index (χ2n) is 6.53. The van der Waals surface area contributed by atoms with Gasteiger partial charge in [0, 0.05) is 18.7 Å². The van der Waals surface area contributed by atoms with Crippen molar-refractivity contribution in [2.75, 3.05) is 12.4 Å². The zero-order valence-corrected chi connectivity index (χ0v) is 15.4. The smallest absolute Gasteiger partial charge is 0.399 e. The van der Waals surface area contributed by atoms with Crippen molar-refractivity contribution in [2.45, 2.75) is 38.7 Å². The van der Waals surface area contributed by atoms with Gasteiger partial charge in [-0.15, -0.1) is 0 Å². The van der Waals surface area contributed by atoms with E-state index in [2.05, 4.69) is 15.6 Å². The van der Waals surface area contributed by atoms with Crippen molar-refractivity contribution in [3.05, 3.63) is 36.2 Å². The molecular formula is C19H23N3O5. The highest BCUT2D eigenvalue weighted by Gasteiger charge is 2.27. The molecule has 1 fully saturated rings. The number of anilines is 1. The maximum Gasteiger partial charge on any atom is 0.399 e. The summed E-state index contributed by atoms with van der Waals surface area (Å²) in [4.78, 5) is 28.3. The summed E-state index contributed by atoms with van der Waals surface area (Å²) in [6, 6.07) is 4.57. The lowest BCUT2D eigenvalue weighted by atomic mass is 9.87. The first-order valence-corrected chi connectivity index (χ1v) is 8.88. The number of imide groups is 1. The SMILES string of the molecule is COC1CCC(C(=O)NC(=O)Nc2ccc(Oc3ncco3)c(C)c2)CC1. The quantitative estimate of drug-likeness (QED) is 0.830. The van der Waals surface area contributed by atoms with Gasteiger partial charge < -0.3 is 19.2 Å². The summed E-state index contributed by atoms with van der Waals surface area (Å²) in [5, 5.41) is 5.08. The number of carbonyl (C=O) groups is 2. The van der Waals surface area contributed by atoms with Crippen LogP contribution < -0.4 is 15.4 Å². The zero-order chi connectivity index (χ0) is 19.2. The van der Waals surface area contributed by atoms with Gasteiger partial charge in [-0.25, -0.2) is 4.79 Å². The first kappa shape index (κ1) is 18.9. The lowest BCUT2D eigenvalue weighted by Crippen LogP contribution is -2.40. The van der Waals surface area contributed by atoms with Crippen LogP contribution in [0.15, 0.2) is 35.1 Å². The van der Waals surface area contributed by atoms with Crippen LogP contribution >= 0.6 is 0 Å². The van der Waals surface area contributed by atoms with Gasteiger partial charge in [0.2, 0.25) is 5.91 Å². The van der Waals surface area contributed by atoms with Crippen LogP contribution in [-0.2, 0) is 9.53 Å². The third-order valence-corrected chi connectivity index (χ3v) is 4.65. The fourth-order valence-corrected chi connectivity index (χ4v) is 3.13. The fraction of sp³-hybridized carbons (Fsp3) is 0.421. The summed E-state index contributed by atoms with van der Waals surface area (Å²) < 4.78 is 15.8. The molecule has 3 rings (SSSR count). The van der Waals surface area contributed by atoms with Crippen LogP contribution in [0.5, 0.6) is 11.8 Å². The number of nitrogens with zero attached hydrogens (tertiary/aromatic N) is 1. The van der Waals surface area contributed by atoms with Gasteiger partial charge in [-0.05, 0) is 56.4 Å². The average Bonchev–Trinajstić information content (AvgIpc) is 3.17. The molecule has 1 saturated carbocycles. The van der Waals surface area contributed by atoms with Crippen molar-refractivity contribution >= 4 is 17.6 Å². The second-order valence-corrected chi connectivity index (χ2v) is 6.53. The largest absolute Gasteiger partial charge is 0.417 e. The van der Waals surface area contributed by atoms with E-state index >= 15 is 0 Å². The van der Waals surface area contributed by atoms with Crippen molar-refractivity contribution in [1.29, 1.82) is 0 Å². The number of aryl methyl sites for hydroxylation is 1. The summed E-state index contributed by atoms with van der Waals surface area (Å²) in [5.74, 6) is 0.164. The summed E-state index contributed by atoms with van der Waals surface area (Å²) >= 11 is 0. The molecule has 0 spiro atoms. The number of aromatic nitrogens is 1.